The maximum atomic E-state index is 13.1. The van der Waals surface area contributed by atoms with Crippen molar-refractivity contribution in [3.63, 3.8) is 0 Å². The van der Waals surface area contributed by atoms with Crippen molar-refractivity contribution in [2.75, 3.05) is 5.75 Å². The monoisotopic (exact) mass is 233 g/mol. The molecule has 2 atom stereocenters. The summed E-state index contributed by atoms with van der Waals surface area (Å²) in [6.07, 6.45) is 0. The number of halogens is 2. The largest absolute Gasteiger partial charge is 0.327 e. The van der Waals surface area contributed by atoms with Crippen LogP contribution >= 0.6 is 0 Å². The molecule has 0 aromatic heterocycles. The Morgan fingerprint density at radius 1 is 1.47 bits per heavy atom. The number of nitrogens with two attached hydrogens (primary N) is 1. The van der Waals surface area contributed by atoms with Crippen LogP contribution in [0.5, 0.6) is 0 Å². The summed E-state index contributed by atoms with van der Waals surface area (Å²) in [6, 6.07) is 2.93. The number of benzene rings is 1. The molecule has 1 rings (SSSR count). The average molecular weight is 233 g/mol. The van der Waals surface area contributed by atoms with Crippen molar-refractivity contribution in [1.82, 2.24) is 0 Å². The van der Waals surface area contributed by atoms with Gasteiger partial charge in [0.2, 0.25) is 0 Å². The second-order valence-corrected chi connectivity index (χ2v) is 4.97. The Hall–Kier alpha value is -0.810. The highest BCUT2D eigenvalue weighted by molar-refractivity contribution is 7.84. The van der Waals surface area contributed by atoms with Crippen molar-refractivity contribution in [3.05, 3.63) is 35.4 Å². The molecule has 0 amide bonds. The second kappa shape index (κ2) is 5.32. The van der Waals surface area contributed by atoms with Crippen LogP contribution < -0.4 is 5.73 Å². The molecular formula is C10H13F2NOS. The summed E-state index contributed by atoms with van der Waals surface area (Å²) < 4.78 is 37.3. The minimum atomic E-state index is -1.25. The molecule has 0 fully saturated rings. The van der Waals surface area contributed by atoms with Gasteiger partial charge in [-0.25, -0.2) is 8.78 Å². The van der Waals surface area contributed by atoms with E-state index in [2.05, 4.69) is 0 Å². The molecule has 2 unspecified atom stereocenters. The Balaban J connectivity index is 2.71. The van der Waals surface area contributed by atoms with E-state index in [0.717, 1.165) is 18.2 Å². The van der Waals surface area contributed by atoms with Crippen LogP contribution in [0.4, 0.5) is 8.78 Å². The first kappa shape index (κ1) is 12.3. The van der Waals surface area contributed by atoms with Crippen LogP contribution in [0.15, 0.2) is 18.2 Å². The van der Waals surface area contributed by atoms with Gasteiger partial charge >= 0.3 is 0 Å². The van der Waals surface area contributed by atoms with E-state index in [1.165, 1.54) is 0 Å². The van der Waals surface area contributed by atoms with Gasteiger partial charge in [0.1, 0.15) is 11.6 Å². The number of hydrogen-bond acceptors (Lipinski definition) is 2. The zero-order valence-electron chi connectivity index (χ0n) is 8.37. The third-order valence-electron chi connectivity index (χ3n) is 1.77. The zero-order valence-corrected chi connectivity index (χ0v) is 9.19. The van der Waals surface area contributed by atoms with E-state index in [4.69, 9.17) is 5.73 Å². The molecule has 84 valence electrons. The lowest BCUT2D eigenvalue weighted by Gasteiger charge is -2.06. The number of rotatable bonds is 4. The van der Waals surface area contributed by atoms with Crippen LogP contribution in [-0.2, 0) is 16.6 Å². The van der Waals surface area contributed by atoms with E-state index in [1.807, 2.05) is 0 Å². The highest BCUT2D eigenvalue weighted by atomic mass is 32.2. The first-order valence-electron chi connectivity index (χ1n) is 4.53. The van der Waals surface area contributed by atoms with Gasteiger partial charge in [0.05, 0.1) is 5.75 Å². The van der Waals surface area contributed by atoms with E-state index < -0.39 is 22.4 Å². The summed E-state index contributed by atoms with van der Waals surface area (Å²) in [5.41, 5.74) is 5.59. The van der Waals surface area contributed by atoms with Gasteiger partial charge in [-0.15, -0.1) is 0 Å². The molecule has 0 heterocycles. The van der Waals surface area contributed by atoms with Gasteiger partial charge < -0.3 is 5.73 Å². The van der Waals surface area contributed by atoms with Gasteiger partial charge in [0.25, 0.3) is 0 Å². The van der Waals surface area contributed by atoms with Gasteiger partial charge in [0.15, 0.2) is 0 Å². The molecule has 0 bridgehead atoms. The maximum Gasteiger partial charge on any atom is 0.127 e. The first-order chi connectivity index (χ1) is 6.99. The molecule has 0 spiro atoms. The normalized spacial score (nSPS) is 14.9. The van der Waals surface area contributed by atoms with E-state index in [-0.39, 0.29) is 23.1 Å². The van der Waals surface area contributed by atoms with Gasteiger partial charge in [-0.05, 0) is 25.1 Å². The first-order valence-corrected chi connectivity index (χ1v) is 6.02. The molecule has 0 saturated carbocycles. The molecule has 1 aromatic rings. The quantitative estimate of drug-likeness (QED) is 0.857. The summed E-state index contributed by atoms with van der Waals surface area (Å²) in [6.45, 7) is 1.72. The van der Waals surface area contributed by atoms with Gasteiger partial charge in [-0.1, -0.05) is 0 Å². The third-order valence-corrected chi connectivity index (χ3v) is 3.30. The lowest BCUT2D eigenvalue weighted by atomic mass is 10.2. The molecule has 0 aliphatic rings. The highest BCUT2D eigenvalue weighted by Gasteiger charge is 2.09. The summed E-state index contributed by atoms with van der Waals surface area (Å²) in [5, 5.41) is 0. The van der Waals surface area contributed by atoms with Crippen LogP contribution in [0.1, 0.15) is 12.5 Å². The lowest BCUT2D eigenvalue weighted by molar-refractivity contribution is 0.590. The second-order valence-electron chi connectivity index (χ2n) is 3.46. The van der Waals surface area contributed by atoms with Crippen LogP contribution in [0.2, 0.25) is 0 Å². The van der Waals surface area contributed by atoms with Crippen molar-refractivity contribution in [1.29, 1.82) is 0 Å². The summed E-state index contributed by atoms with van der Waals surface area (Å²) >= 11 is 0. The van der Waals surface area contributed by atoms with Crippen molar-refractivity contribution in [2.24, 2.45) is 5.73 Å². The smallest absolute Gasteiger partial charge is 0.127 e. The Morgan fingerprint density at radius 2 is 2.13 bits per heavy atom. The molecule has 15 heavy (non-hydrogen) atoms. The van der Waals surface area contributed by atoms with E-state index >= 15 is 0 Å². The predicted molar refractivity (Wildman–Crippen MR) is 56.7 cm³/mol. The Kier molecular flexibility index (Phi) is 4.35. The van der Waals surface area contributed by atoms with Crippen molar-refractivity contribution in [2.45, 2.75) is 18.7 Å². The van der Waals surface area contributed by atoms with E-state index in [9.17, 15) is 13.0 Å². The molecule has 0 radical (unpaired) electrons. The van der Waals surface area contributed by atoms with Crippen molar-refractivity contribution < 1.29 is 13.0 Å². The molecule has 2 N–H and O–H groups in total. The van der Waals surface area contributed by atoms with Gasteiger partial charge in [-0.3, -0.25) is 4.21 Å². The standard InChI is InChI=1S/C10H13F2NOS/c1-7(13)5-15(14)6-8-4-9(11)2-3-10(8)12/h2-4,7H,5-6,13H2,1H3. The minimum Gasteiger partial charge on any atom is -0.327 e. The summed E-state index contributed by atoms with van der Waals surface area (Å²) in [5.74, 6) is -0.764. The fraction of sp³-hybridized carbons (Fsp3) is 0.400. The minimum absolute atomic E-state index is 0.00509. The van der Waals surface area contributed by atoms with Gasteiger partial charge in [-0.2, -0.15) is 0 Å². The fourth-order valence-electron chi connectivity index (χ4n) is 1.18. The van der Waals surface area contributed by atoms with Gasteiger partial charge in [0, 0.05) is 28.2 Å². The van der Waals surface area contributed by atoms with Crippen LogP contribution in [0, 0.1) is 11.6 Å². The topological polar surface area (TPSA) is 43.1 Å². The van der Waals surface area contributed by atoms with E-state index in [0.29, 0.717) is 0 Å². The van der Waals surface area contributed by atoms with Crippen LogP contribution in [0.25, 0.3) is 0 Å². The molecule has 2 nitrogen and oxygen atoms in total. The Bertz CT molecular complexity index is 368. The SMILES string of the molecule is CC(N)CS(=O)Cc1cc(F)ccc1F. The molecule has 5 heteroatoms. The van der Waals surface area contributed by atoms with Crippen molar-refractivity contribution in [3.8, 4) is 0 Å². The van der Waals surface area contributed by atoms with Crippen molar-refractivity contribution >= 4 is 10.8 Å². The highest BCUT2D eigenvalue weighted by Crippen LogP contribution is 2.12. The molecule has 0 saturated heterocycles. The third kappa shape index (κ3) is 4.05. The summed E-state index contributed by atoms with van der Waals surface area (Å²) in [7, 11) is -1.25. The predicted octanol–water partition coefficient (Wildman–Crippen LogP) is 1.56. The van der Waals surface area contributed by atoms with Crippen LogP contribution in [0.3, 0.4) is 0 Å². The van der Waals surface area contributed by atoms with Crippen LogP contribution in [-0.4, -0.2) is 16.0 Å². The fourth-order valence-corrected chi connectivity index (χ4v) is 2.45. The molecule has 0 aliphatic carbocycles. The molecular weight excluding hydrogens is 220 g/mol. The maximum absolute atomic E-state index is 13.1. The molecule has 0 aliphatic heterocycles. The average Bonchev–Trinajstić information content (AvgIpc) is 2.10. The number of hydrogen-bond donors (Lipinski definition) is 1. The summed E-state index contributed by atoms with van der Waals surface area (Å²) in [4.78, 5) is 0. The Labute approximate surface area is 89.9 Å². The Morgan fingerprint density at radius 3 is 2.73 bits per heavy atom. The van der Waals surface area contributed by atoms with E-state index in [1.54, 1.807) is 6.92 Å². The molecule has 1 aromatic carbocycles. The zero-order chi connectivity index (χ0) is 11.4. The lowest BCUT2D eigenvalue weighted by Crippen LogP contribution is -2.23.